The summed E-state index contributed by atoms with van der Waals surface area (Å²) >= 11 is 0. The Hall–Kier alpha value is -2.37. The van der Waals surface area contributed by atoms with Crippen LogP contribution >= 0.6 is 0 Å². The maximum atomic E-state index is 12.8. The molecule has 6 heteroatoms. The summed E-state index contributed by atoms with van der Waals surface area (Å²) in [6, 6.07) is 3.27. The number of nitrogens with zero attached hydrogens (tertiary/aromatic N) is 2. The maximum absolute atomic E-state index is 12.8. The van der Waals surface area contributed by atoms with Gasteiger partial charge in [0, 0.05) is 30.4 Å². The Morgan fingerprint density at radius 2 is 2.12 bits per heavy atom. The highest BCUT2D eigenvalue weighted by Crippen LogP contribution is 2.29. The van der Waals surface area contributed by atoms with Gasteiger partial charge in [-0.2, -0.15) is 5.10 Å². The molecule has 0 fully saturated rings. The number of rotatable bonds is 2. The number of amides is 1. The minimum Gasteiger partial charge on any atom is -0.345 e. The van der Waals surface area contributed by atoms with Gasteiger partial charge in [0.1, 0.15) is 0 Å². The molecular formula is C18H24N4O2. The zero-order chi connectivity index (χ0) is 17.5. The van der Waals surface area contributed by atoms with Crippen molar-refractivity contribution in [1.29, 1.82) is 0 Å². The molecule has 0 spiro atoms. The van der Waals surface area contributed by atoms with Crippen LogP contribution in [0.15, 0.2) is 23.1 Å². The average molecular weight is 328 g/mol. The topological polar surface area (TPSA) is 79.8 Å². The zero-order valence-electron chi connectivity index (χ0n) is 14.6. The van der Waals surface area contributed by atoms with Crippen molar-refractivity contribution in [3.8, 4) is 0 Å². The summed E-state index contributed by atoms with van der Waals surface area (Å²) in [5.41, 5.74) is 3.05. The lowest BCUT2D eigenvalue weighted by Gasteiger charge is -2.26. The third kappa shape index (κ3) is 3.13. The van der Waals surface area contributed by atoms with Crippen LogP contribution in [0.1, 0.15) is 67.0 Å². The van der Waals surface area contributed by atoms with E-state index in [1.807, 2.05) is 33.9 Å². The van der Waals surface area contributed by atoms with Crippen molar-refractivity contribution in [2.24, 2.45) is 7.05 Å². The Bertz CT molecular complexity index is 826. The van der Waals surface area contributed by atoms with Crippen molar-refractivity contribution >= 4 is 5.91 Å². The molecule has 2 aromatic heterocycles. The highest BCUT2D eigenvalue weighted by Gasteiger charge is 2.28. The van der Waals surface area contributed by atoms with Crippen LogP contribution in [0.2, 0.25) is 0 Å². The van der Waals surface area contributed by atoms with E-state index >= 15 is 0 Å². The van der Waals surface area contributed by atoms with Crippen molar-refractivity contribution in [3.05, 3.63) is 51.2 Å². The lowest BCUT2D eigenvalue weighted by Crippen LogP contribution is -2.33. The number of aryl methyl sites for hydroxylation is 2. The van der Waals surface area contributed by atoms with E-state index in [1.165, 1.54) is 6.07 Å². The van der Waals surface area contributed by atoms with Crippen molar-refractivity contribution in [2.75, 3.05) is 0 Å². The second-order valence-electron chi connectivity index (χ2n) is 7.49. The van der Waals surface area contributed by atoms with Gasteiger partial charge < -0.3 is 10.3 Å². The lowest BCUT2D eigenvalue weighted by atomic mass is 9.88. The molecular weight excluding hydrogens is 304 g/mol. The van der Waals surface area contributed by atoms with E-state index in [0.717, 1.165) is 36.2 Å². The van der Waals surface area contributed by atoms with Crippen LogP contribution in [0.25, 0.3) is 0 Å². The molecule has 1 unspecified atom stereocenters. The fourth-order valence-corrected chi connectivity index (χ4v) is 3.29. The number of hydrogen-bond acceptors (Lipinski definition) is 3. The van der Waals surface area contributed by atoms with Crippen LogP contribution < -0.4 is 10.9 Å². The molecule has 1 atom stereocenters. The van der Waals surface area contributed by atoms with E-state index in [0.29, 0.717) is 5.56 Å². The van der Waals surface area contributed by atoms with Gasteiger partial charge in [-0.1, -0.05) is 20.8 Å². The van der Waals surface area contributed by atoms with Crippen LogP contribution in [0.3, 0.4) is 0 Å². The van der Waals surface area contributed by atoms with Gasteiger partial charge in [0.05, 0.1) is 17.3 Å². The number of carbonyl (C=O) groups is 1. The first-order valence-electron chi connectivity index (χ1n) is 8.33. The minimum atomic E-state index is -0.205. The van der Waals surface area contributed by atoms with E-state index < -0.39 is 0 Å². The van der Waals surface area contributed by atoms with E-state index in [1.54, 1.807) is 10.9 Å². The fraction of sp³-hybridized carbons (Fsp3) is 0.500. The molecule has 2 aromatic rings. The summed E-state index contributed by atoms with van der Waals surface area (Å²) in [6.07, 6.45) is 4.43. The predicted molar refractivity (Wildman–Crippen MR) is 92.1 cm³/mol. The molecule has 1 amide bonds. The number of aromatic nitrogens is 3. The van der Waals surface area contributed by atoms with Gasteiger partial charge in [0.2, 0.25) is 5.56 Å². The fourth-order valence-electron chi connectivity index (χ4n) is 3.29. The first-order chi connectivity index (χ1) is 11.3. The third-order valence-electron chi connectivity index (χ3n) is 4.42. The molecule has 1 aliphatic carbocycles. The second kappa shape index (κ2) is 5.92. The molecule has 3 rings (SSSR count). The molecule has 1 aliphatic rings. The van der Waals surface area contributed by atoms with Gasteiger partial charge in [-0.15, -0.1) is 0 Å². The van der Waals surface area contributed by atoms with Crippen LogP contribution in [-0.2, 0) is 18.9 Å². The molecule has 0 aliphatic heterocycles. The molecule has 0 saturated carbocycles. The number of aromatic amines is 1. The molecule has 128 valence electrons. The number of pyridine rings is 1. The van der Waals surface area contributed by atoms with Gasteiger partial charge in [0.25, 0.3) is 5.91 Å². The molecule has 0 aromatic carbocycles. The molecule has 0 radical (unpaired) electrons. The predicted octanol–water partition coefficient (Wildman–Crippen LogP) is 2.21. The molecule has 0 bridgehead atoms. The van der Waals surface area contributed by atoms with Crippen molar-refractivity contribution in [3.63, 3.8) is 0 Å². The van der Waals surface area contributed by atoms with Gasteiger partial charge in [-0.05, 0) is 30.9 Å². The summed E-state index contributed by atoms with van der Waals surface area (Å²) in [7, 11) is 1.83. The summed E-state index contributed by atoms with van der Waals surface area (Å²) < 4.78 is 1.68. The number of nitrogens with one attached hydrogen (secondary N) is 2. The molecule has 24 heavy (non-hydrogen) atoms. The first-order valence-corrected chi connectivity index (χ1v) is 8.33. The average Bonchev–Trinajstić information content (AvgIpc) is 2.89. The van der Waals surface area contributed by atoms with Gasteiger partial charge in [-0.25, -0.2) is 0 Å². The number of carbonyl (C=O) groups excluding carboxylic acids is 1. The van der Waals surface area contributed by atoms with Gasteiger partial charge >= 0.3 is 0 Å². The van der Waals surface area contributed by atoms with E-state index in [9.17, 15) is 9.59 Å². The minimum absolute atomic E-state index is 0.0777. The van der Waals surface area contributed by atoms with Crippen LogP contribution in [0.4, 0.5) is 0 Å². The third-order valence-corrected chi connectivity index (χ3v) is 4.42. The molecule has 2 N–H and O–H groups in total. The first kappa shape index (κ1) is 16.5. The largest absolute Gasteiger partial charge is 0.345 e. The smallest absolute Gasteiger partial charge is 0.255 e. The highest BCUT2D eigenvalue weighted by molar-refractivity contribution is 5.95. The Kier molecular flexibility index (Phi) is 4.07. The Morgan fingerprint density at radius 1 is 1.38 bits per heavy atom. The molecule has 6 nitrogen and oxygen atoms in total. The second-order valence-corrected chi connectivity index (χ2v) is 7.49. The van der Waals surface area contributed by atoms with E-state index in [-0.39, 0.29) is 22.9 Å². The van der Waals surface area contributed by atoms with Crippen molar-refractivity contribution < 1.29 is 4.79 Å². The van der Waals surface area contributed by atoms with E-state index in [2.05, 4.69) is 15.4 Å². The van der Waals surface area contributed by atoms with Crippen molar-refractivity contribution in [2.45, 2.75) is 51.5 Å². The Balaban J connectivity index is 1.89. The van der Waals surface area contributed by atoms with Crippen molar-refractivity contribution in [1.82, 2.24) is 20.1 Å². The maximum Gasteiger partial charge on any atom is 0.255 e. The number of hydrogen-bond donors (Lipinski definition) is 2. The Labute approximate surface area is 141 Å². The normalized spacial score (nSPS) is 17.4. The highest BCUT2D eigenvalue weighted by atomic mass is 16.1. The SMILES string of the molecule is Cn1cc(C(=O)NC2CCCc3[nH]c(=O)ccc32)c(C(C)(C)C)n1. The standard InChI is InChI=1S/C18H24N4O2/c1-18(2,3)16-12(10-22(4)21-16)17(24)20-14-7-5-6-13-11(14)8-9-15(23)19-13/h8-10,14H,5-7H2,1-4H3,(H,19,23)(H,20,24). The van der Waals surface area contributed by atoms with E-state index in [4.69, 9.17) is 0 Å². The van der Waals surface area contributed by atoms with Crippen LogP contribution in [0.5, 0.6) is 0 Å². The summed E-state index contributed by atoms with van der Waals surface area (Å²) in [4.78, 5) is 27.2. The van der Waals surface area contributed by atoms with Crippen LogP contribution in [-0.4, -0.2) is 20.7 Å². The van der Waals surface area contributed by atoms with Gasteiger partial charge in [-0.3, -0.25) is 14.3 Å². The zero-order valence-corrected chi connectivity index (χ0v) is 14.6. The summed E-state index contributed by atoms with van der Waals surface area (Å²) in [5, 5.41) is 7.58. The quantitative estimate of drug-likeness (QED) is 0.887. The monoisotopic (exact) mass is 328 g/mol. The van der Waals surface area contributed by atoms with Crippen LogP contribution in [0, 0.1) is 0 Å². The lowest BCUT2D eigenvalue weighted by molar-refractivity contribution is 0.0930. The number of fused-ring (bicyclic) bond motifs is 1. The molecule has 2 heterocycles. The number of H-pyrrole nitrogens is 1. The summed E-state index contributed by atoms with van der Waals surface area (Å²) in [6.45, 7) is 6.15. The van der Waals surface area contributed by atoms with Gasteiger partial charge in [0.15, 0.2) is 0 Å². The summed E-state index contributed by atoms with van der Waals surface area (Å²) in [5.74, 6) is -0.114. The molecule has 0 saturated heterocycles. The Morgan fingerprint density at radius 3 is 2.83 bits per heavy atom.